The fourth-order valence-electron chi connectivity index (χ4n) is 3.16. The van der Waals surface area contributed by atoms with E-state index < -0.39 is 0 Å². The summed E-state index contributed by atoms with van der Waals surface area (Å²) in [6.45, 7) is 2.76. The van der Waals surface area contributed by atoms with Crippen molar-refractivity contribution < 1.29 is 0 Å². The van der Waals surface area contributed by atoms with E-state index in [1.165, 1.54) is 0 Å². The van der Waals surface area contributed by atoms with Gasteiger partial charge in [0.15, 0.2) is 0 Å². The smallest absolute Gasteiger partial charge is 0.340 e. The fraction of sp³-hybridized carbons (Fsp3) is 0.400. The molecule has 7 nitrogen and oxygen atoms in total. The van der Waals surface area contributed by atoms with Crippen molar-refractivity contribution in [3.05, 3.63) is 44.8 Å². The van der Waals surface area contributed by atoms with E-state index in [2.05, 4.69) is 46.0 Å². The van der Waals surface area contributed by atoms with Gasteiger partial charge in [-0.15, -0.1) is 0 Å². The Morgan fingerprint density at radius 2 is 2.09 bits per heavy atom. The number of hydrogen-bond acceptors (Lipinski definition) is 4. The van der Waals surface area contributed by atoms with Crippen LogP contribution in [-0.2, 0) is 6.54 Å². The fourth-order valence-corrected chi connectivity index (χ4v) is 3.52. The number of hydrogen-bond donors (Lipinski definition) is 3. The van der Waals surface area contributed by atoms with Crippen LogP contribution in [0.2, 0.25) is 0 Å². The highest BCUT2D eigenvalue weighted by Gasteiger charge is 2.23. The van der Waals surface area contributed by atoms with Crippen LogP contribution in [-0.4, -0.2) is 43.1 Å². The second-order valence-electron chi connectivity index (χ2n) is 5.96. The molecule has 1 aliphatic heterocycles. The van der Waals surface area contributed by atoms with Gasteiger partial charge in [0.1, 0.15) is 11.6 Å². The van der Waals surface area contributed by atoms with Crippen molar-refractivity contribution in [2.24, 2.45) is 0 Å². The third-order valence-corrected chi connectivity index (χ3v) is 4.85. The highest BCUT2D eigenvalue weighted by Crippen LogP contribution is 2.25. The standard InChI is InChI=1S/C15H17BrN6O/c16-10-1-2-11-12(7-10)18-13(17-11)8-22-5-3-9(4-6-22)14-19-15(23)21-20-14/h1-2,7,9H,3-6,8H2,(H,17,18)(H2,19,20,21,23). The lowest BCUT2D eigenvalue weighted by Crippen LogP contribution is -2.33. The molecular weight excluding hydrogens is 360 g/mol. The van der Waals surface area contributed by atoms with Crippen molar-refractivity contribution in [1.29, 1.82) is 0 Å². The van der Waals surface area contributed by atoms with Gasteiger partial charge in [0.25, 0.3) is 0 Å². The van der Waals surface area contributed by atoms with Crippen LogP contribution in [0.25, 0.3) is 11.0 Å². The van der Waals surface area contributed by atoms with Crippen molar-refractivity contribution in [3.8, 4) is 0 Å². The highest BCUT2D eigenvalue weighted by molar-refractivity contribution is 9.10. The minimum atomic E-state index is -0.226. The summed E-state index contributed by atoms with van der Waals surface area (Å²) in [6, 6.07) is 6.06. The molecule has 0 spiro atoms. The van der Waals surface area contributed by atoms with Gasteiger partial charge in [-0.3, -0.25) is 9.88 Å². The molecular formula is C15H17BrN6O. The zero-order chi connectivity index (χ0) is 15.8. The number of nitrogens with zero attached hydrogens (tertiary/aromatic N) is 3. The van der Waals surface area contributed by atoms with E-state index in [9.17, 15) is 4.79 Å². The number of fused-ring (bicyclic) bond motifs is 1. The molecule has 120 valence electrons. The van der Waals surface area contributed by atoms with E-state index in [1.54, 1.807) is 0 Å². The summed E-state index contributed by atoms with van der Waals surface area (Å²) in [6.07, 6.45) is 1.99. The van der Waals surface area contributed by atoms with Gasteiger partial charge < -0.3 is 4.98 Å². The predicted molar refractivity (Wildman–Crippen MR) is 90.3 cm³/mol. The molecule has 1 aliphatic rings. The number of likely N-dealkylation sites (tertiary alicyclic amines) is 1. The Balaban J connectivity index is 1.41. The zero-order valence-electron chi connectivity index (χ0n) is 12.5. The minimum absolute atomic E-state index is 0.226. The first-order chi connectivity index (χ1) is 11.2. The van der Waals surface area contributed by atoms with Gasteiger partial charge in [0.2, 0.25) is 0 Å². The molecule has 8 heteroatoms. The van der Waals surface area contributed by atoms with Crippen LogP contribution in [0.1, 0.15) is 30.4 Å². The Bertz CT molecular complexity index is 873. The van der Waals surface area contributed by atoms with Crippen LogP contribution in [0.4, 0.5) is 0 Å². The normalized spacial score (nSPS) is 17.1. The third-order valence-electron chi connectivity index (χ3n) is 4.36. The van der Waals surface area contributed by atoms with E-state index in [0.29, 0.717) is 5.92 Å². The SMILES string of the molecule is O=c1[nH]nc(C2CCN(Cc3nc4ccc(Br)cc4[nH]3)CC2)[nH]1. The Morgan fingerprint density at radius 1 is 1.26 bits per heavy atom. The minimum Gasteiger partial charge on any atom is -0.341 e. The van der Waals surface area contributed by atoms with Gasteiger partial charge in [-0.25, -0.2) is 14.9 Å². The molecule has 3 heterocycles. The Hall–Kier alpha value is -1.93. The number of benzene rings is 1. The molecule has 0 radical (unpaired) electrons. The van der Waals surface area contributed by atoms with Gasteiger partial charge in [-0.05, 0) is 44.1 Å². The Labute approximate surface area is 140 Å². The molecule has 1 saturated heterocycles. The van der Waals surface area contributed by atoms with E-state index in [1.807, 2.05) is 18.2 Å². The first kappa shape index (κ1) is 14.6. The number of rotatable bonds is 3. The first-order valence-corrected chi connectivity index (χ1v) is 8.48. The van der Waals surface area contributed by atoms with Gasteiger partial charge >= 0.3 is 5.69 Å². The number of halogens is 1. The lowest BCUT2D eigenvalue weighted by molar-refractivity contribution is 0.198. The van der Waals surface area contributed by atoms with Gasteiger partial charge in [0.05, 0.1) is 17.6 Å². The molecule has 0 saturated carbocycles. The number of aromatic amines is 3. The maximum absolute atomic E-state index is 11.1. The lowest BCUT2D eigenvalue weighted by Gasteiger charge is -2.30. The largest absolute Gasteiger partial charge is 0.341 e. The maximum Gasteiger partial charge on any atom is 0.340 e. The summed E-state index contributed by atoms with van der Waals surface area (Å²) in [5, 5.41) is 6.49. The molecule has 2 aromatic heterocycles. The predicted octanol–water partition coefficient (Wildman–Crippen LogP) is 2.12. The van der Waals surface area contributed by atoms with Crippen molar-refractivity contribution in [3.63, 3.8) is 0 Å². The first-order valence-electron chi connectivity index (χ1n) is 7.68. The van der Waals surface area contributed by atoms with Crippen molar-refractivity contribution >= 4 is 27.0 Å². The van der Waals surface area contributed by atoms with E-state index >= 15 is 0 Å². The van der Waals surface area contributed by atoms with Crippen LogP contribution >= 0.6 is 15.9 Å². The summed E-state index contributed by atoms with van der Waals surface area (Å²) >= 11 is 3.48. The second kappa shape index (κ2) is 5.93. The molecule has 0 aliphatic carbocycles. The maximum atomic E-state index is 11.1. The van der Waals surface area contributed by atoms with Gasteiger partial charge in [-0.2, -0.15) is 5.10 Å². The van der Waals surface area contributed by atoms with Crippen molar-refractivity contribution in [2.45, 2.75) is 25.3 Å². The molecule has 0 unspecified atom stereocenters. The van der Waals surface area contributed by atoms with E-state index in [4.69, 9.17) is 0 Å². The Kier molecular flexibility index (Phi) is 3.78. The molecule has 4 rings (SSSR count). The van der Waals surface area contributed by atoms with Crippen LogP contribution in [0.3, 0.4) is 0 Å². The highest BCUT2D eigenvalue weighted by atomic mass is 79.9. The molecule has 0 bridgehead atoms. The molecule has 23 heavy (non-hydrogen) atoms. The van der Waals surface area contributed by atoms with Gasteiger partial charge in [-0.1, -0.05) is 15.9 Å². The lowest BCUT2D eigenvalue weighted by atomic mass is 9.96. The van der Waals surface area contributed by atoms with Crippen LogP contribution in [0.15, 0.2) is 27.5 Å². The monoisotopic (exact) mass is 376 g/mol. The molecule has 0 atom stereocenters. The zero-order valence-corrected chi connectivity index (χ0v) is 14.1. The molecule has 1 aromatic carbocycles. The summed E-state index contributed by atoms with van der Waals surface area (Å²) in [4.78, 5) is 24.3. The number of nitrogens with one attached hydrogen (secondary N) is 3. The van der Waals surface area contributed by atoms with Crippen LogP contribution < -0.4 is 5.69 Å². The number of H-pyrrole nitrogens is 3. The summed E-state index contributed by atoms with van der Waals surface area (Å²) < 4.78 is 1.05. The number of aromatic nitrogens is 5. The van der Waals surface area contributed by atoms with E-state index in [0.717, 1.165) is 59.6 Å². The third kappa shape index (κ3) is 3.09. The van der Waals surface area contributed by atoms with Crippen molar-refractivity contribution in [1.82, 2.24) is 30.0 Å². The summed E-state index contributed by atoms with van der Waals surface area (Å²) in [7, 11) is 0. The average Bonchev–Trinajstić information content (AvgIpc) is 3.13. The summed E-state index contributed by atoms with van der Waals surface area (Å²) in [5.74, 6) is 2.10. The molecule has 0 amide bonds. The van der Waals surface area contributed by atoms with E-state index in [-0.39, 0.29) is 5.69 Å². The molecule has 3 N–H and O–H groups in total. The Morgan fingerprint density at radius 3 is 2.83 bits per heavy atom. The number of imidazole rings is 1. The number of piperidine rings is 1. The van der Waals surface area contributed by atoms with Crippen LogP contribution in [0.5, 0.6) is 0 Å². The molecule has 1 fully saturated rings. The topological polar surface area (TPSA) is 93.5 Å². The van der Waals surface area contributed by atoms with Crippen LogP contribution in [0, 0.1) is 0 Å². The van der Waals surface area contributed by atoms with Gasteiger partial charge in [0, 0.05) is 10.4 Å². The quantitative estimate of drug-likeness (QED) is 0.652. The molecule has 3 aromatic rings. The van der Waals surface area contributed by atoms with Crippen molar-refractivity contribution in [2.75, 3.05) is 13.1 Å². The summed E-state index contributed by atoms with van der Waals surface area (Å²) in [5.41, 5.74) is 1.82. The second-order valence-corrected chi connectivity index (χ2v) is 6.87. The average molecular weight is 377 g/mol.